The lowest BCUT2D eigenvalue weighted by atomic mass is 9.83. The van der Waals surface area contributed by atoms with Crippen molar-refractivity contribution in [2.75, 3.05) is 13.2 Å². The van der Waals surface area contributed by atoms with E-state index in [0.29, 0.717) is 38.2 Å². The van der Waals surface area contributed by atoms with Gasteiger partial charge in [-0.1, -0.05) is 13.0 Å². The molecule has 2 aromatic rings. The number of carbonyl (C=O) groups excluding carboxylic acids is 2. The number of fused-ring (bicyclic) bond motifs is 1. The molecular weight excluding hydrogens is 362 g/mol. The second-order valence-electron chi connectivity index (χ2n) is 7.01. The van der Waals surface area contributed by atoms with Crippen molar-refractivity contribution in [3.05, 3.63) is 30.2 Å². The molecule has 3 N–H and O–H groups in total. The maximum absolute atomic E-state index is 12.7. The van der Waals surface area contributed by atoms with E-state index < -0.39 is 12.5 Å². The van der Waals surface area contributed by atoms with Gasteiger partial charge in [0.1, 0.15) is 6.61 Å². The van der Waals surface area contributed by atoms with Gasteiger partial charge in [-0.2, -0.15) is 0 Å². The molecule has 9 heteroatoms. The molecule has 3 rings (SSSR count). The van der Waals surface area contributed by atoms with E-state index in [-0.39, 0.29) is 24.0 Å². The highest BCUT2D eigenvalue weighted by Crippen LogP contribution is 2.27. The van der Waals surface area contributed by atoms with Crippen LogP contribution in [0.4, 0.5) is 0 Å². The number of pyridine rings is 1. The van der Waals surface area contributed by atoms with Crippen molar-refractivity contribution < 1.29 is 19.4 Å². The van der Waals surface area contributed by atoms with Gasteiger partial charge in [0.25, 0.3) is 0 Å². The molecule has 0 radical (unpaired) electrons. The molecule has 0 aliphatic heterocycles. The highest BCUT2D eigenvalue weighted by Gasteiger charge is 2.35. The number of nitrogens with zero attached hydrogens (tertiary/aromatic N) is 3. The Morgan fingerprint density at radius 2 is 2.18 bits per heavy atom. The van der Waals surface area contributed by atoms with E-state index in [9.17, 15) is 9.59 Å². The van der Waals surface area contributed by atoms with Gasteiger partial charge in [0.05, 0.1) is 18.7 Å². The van der Waals surface area contributed by atoms with Gasteiger partial charge in [-0.15, -0.1) is 10.2 Å². The summed E-state index contributed by atoms with van der Waals surface area (Å²) in [5.74, 6) is 0.0105. The second kappa shape index (κ2) is 9.61. The molecule has 2 aromatic heterocycles. The number of amides is 2. The summed E-state index contributed by atoms with van der Waals surface area (Å²) in [6, 6.07) is 5.45. The van der Waals surface area contributed by atoms with Gasteiger partial charge < -0.3 is 20.5 Å². The molecule has 2 amide bonds. The summed E-state index contributed by atoms with van der Waals surface area (Å²) in [6.07, 6.45) is 4.28. The lowest BCUT2D eigenvalue weighted by Gasteiger charge is -2.35. The second-order valence-corrected chi connectivity index (χ2v) is 7.01. The van der Waals surface area contributed by atoms with Crippen LogP contribution in [0, 0.1) is 5.92 Å². The summed E-state index contributed by atoms with van der Waals surface area (Å²) in [6.45, 7) is 2.33. The quantitative estimate of drug-likeness (QED) is 0.602. The fourth-order valence-electron chi connectivity index (χ4n) is 3.56. The van der Waals surface area contributed by atoms with Gasteiger partial charge in [-0.05, 0) is 37.8 Å². The maximum atomic E-state index is 12.7. The Morgan fingerprint density at radius 3 is 2.96 bits per heavy atom. The molecule has 2 heterocycles. The number of aliphatic hydroxyl groups is 1. The SMILES string of the molecule is CCCO[C@@H]1C[C@@H](C(=O)NCc2nnc3ccccn23)CC[C@H]1NC(=O)CO. The standard InChI is InChI=1S/C19H27N5O4/c1-2-9-28-15-10-13(6-7-14(15)21-18(26)12-25)19(27)20-11-17-23-22-16-5-3-4-8-24(16)17/h3-5,8,13-15,25H,2,6-7,9-12H2,1H3,(H,20,27)(H,21,26)/t13-,14+,15+/m0/s1. The minimum atomic E-state index is -0.548. The predicted octanol–water partition coefficient (Wildman–Crippen LogP) is 0.418. The van der Waals surface area contributed by atoms with Gasteiger partial charge in [0.15, 0.2) is 11.5 Å². The van der Waals surface area contributed by atoms with Crippen LogP contribution in [0.5, 0.6) is 0 Å². The van der Waals surface area contributed by atoms with Crippen LogP contribution >= 0.6 is 0 Å². The molecule has 1 fully saturated rings. The molecule has 1 aliphatic rings. The first kappa shape index (κ1) is 20.2. The molecule has 28 heavy (non-hydrogen) atoms. The smallest absolute Gasteiger partial charge is 0.246 e. The van der Waals surface area contributed by atoms with E-state index in [1.165, 1.54) is 0 Å². The number of aromatic nitrogens is 3. The Hall–Kier alpha value is -2.52. The summed E-state index contributed by atoms with van der Waals surface area (Å²) in [4.78, 5) is 24.2. The lowest BCUT2D eigenvalue weighted by Crippen LogP contribution is -2.50. The van der Waals surface area contributed by atoms with E-state index in [2.05, 4.69) is 20.8 Å². The zero-order chi connectivity index (χ0) is 19.9. The van der Waals surface area contributed by atoms with Crippen LogP contribution in [0.3, 0.4) is 0 Å². The van der Waals surface area contributed by atoms with Gasteiger partial charge in [-0.3, -0.25) is 14.0 Å². The normalized spacial score (nSPS) is 22.1. The van der Waals surface area contributed by atoms with Crippen LogP contribution in [0.1, 0.15) is 38.4 Å². The number of nitrogens with one attached hydrogen (secondary N) is 2. The van der Waals surface area contributed by atoms with E-state index in [1.54, 1.807) is 0 Å². The van der Waals surface area contributed by atoms with Gasteiger partial charge in [-0.25, -0.2) is 0 Å². The van der Waals surface area contributed by atoms with Crippen molar-refractivity contribution in [2.45, 2.75) is 51.3 Å². The first-order valence-electron chi connectivity index (χ1n) is 9.70. The molecule has 0 bridgehead atoms. The Balaban J connectivity index is 1.58. The third-order valence-corrected chi connectivity index (χ3v) is 4.99. The van der Waals surface area contributed by atoms with E-state index in [4.69, 9.17) is 9.84 Å². The minimum Gasteiger partial charge on any atom is -0.387 e. The Bertz CT molecular complexity index is 808. The highest BCUT2D eigenvalue weighted by molar-refractivity contribution is 5.79. The zero-order valence-electron chi connectivity index (χ0n) is 16.0. The number of aliphatic hydroxyl groups excluding tert-OH is 1. The fourth-order valence-corrected chi connectivity index (χ4v) is 3.56. The van der Waals surface area contributed by atoms with Crippen LogP contribution in [0.2, 0.25) is 0 Å². The third kappa shape index (κ3) is 4.85. The summed E-state index contributed by atoms with van der Waals surface area (Å²) >= 11 is 0. The summed E-state index contributed by atoms with van der Waals surface area (Å²) in [7, 11) is 0. The number of ether oxygens (including phenoxy) is 1. The van der Waals surface area contributed by atoms with Crippen molar-refractivity contribution in [1.82, 2.24) is 25.2 Å². The number of carbonyl (C=O) groups is 2. The Labute approximate surface area is 163 Å². The van der Waals surface area contributed by atoms with Crippen molar-refractivity contribution in [2.24, 2.45) is 5.92 Å². The van der Waals surface area contributed by atoms with Crippen LogP contribution in [-0.2, 0) is 20.9 Å². The molecule has 1 saturated carbocycles. The van der Waals surface area contributed by atoms with Gasteiger partial charge >= 0.3 is 0 Å². The van der Waals surface area contributed by atoms with Crippen LogP contribution in [0.25, 0.3) is 5.65 Å². The third-order valence-electron chi connectivity index (χ3n) is 4.99. The average Bonchev–Trinajstić information content (AvgIpc) is 3.14. The van der Waals surface area contributed by atoms with Crippen LogP contribution in [-0.4, -0.2) is 56.9 Å². The summed E-state index contributed by atoms with van der Waals surface area (Å²) in [5, 5.41) is 22.9. The molecule has 0 saturated heterocycles. The van der Waals surface area contributed by atoms with Crippen molar-refractivity contribution >= 4 is 17.5 Å². The van der Waals surface area contributed by atoms with Crippen LogP contribution in [0.15, 0.2) is 24.4 Å². The first-order valence-corrected chi connectivity index (χ1v) is 9.70. The monoisotopic (exact) mass is 389 g/mol. The molecule has 3 atom stereocenters. The molecule has 152 valence electrons. The molecule has 9 nitrogen and oxygen atoms in total. The highest BCUT2D eigenvalue weighted by atomic mass is 16.5. The zero-order valence-corrected chi connectivity index (χ0v) is 16.0. The van der Waals surface area contributed by atoms with Crippen molar-refractivity contribution in [1.29, 1.82) is 0 Å². The molecule has 0 spiro atoms. The maximum Gasteiger partial charge on any atom is 0.246 e. The van der Waals surface area contributed by atoms with E-state index >= 15 is 0 Å². The molecular formula is C19H27N5O4. The molecule has 0 aromatic carbocycles. The lowest BCUT2D eigenvalue weighted by molar-refractivity contribution is -0.130. The Morgan fingerprint density at radius 1 is 1.32 bits per heavy atom. The number of rotatable bonds is 8. The summed E-state index contributed by atoms with van der Waals surface area (Å²) < 4.78 is 7.72. The van der Waals surface area contributed by atoms with Gasteiger partial charge in [0.2, 0.25) is 11.8 Å². The topological polar surface area (TPSA) is 118 Å². The number of hydrogen-bond acceptors (Lipinski definition) is 6. The minimum absolute atomic E-state index is 0.0512. The van der Waals surface area contributed by atoms with E-state index in [0.717, 1.165) is 12.1 Å². The first-order chi connectivity index (χ1) is 13.6. The fraction of sp³-hybridized carbons (Fsp3) is 0.579. The largest absolute Gasteiger partial charge is 0.387 e. The number of hydrogen-bond donors (Lipinski definition) is 3. The van der Waals surface area contributed by atoms with Gasteiger partial charge in [0, 0.05) is 18.7 Å². The Kier molecular flexibility index (Phi) is 6.94. The average molecular weight is 389 g/mol. The molecule has 1 aliphatic carbocycles. The van der Waals surface area contributed by atoms with Crippen molar-refractivity contribution in [3.8, 4) is 0 Å². The van der Waals surface area contributed by atoms with E-state index in [1.807, 2.05) is 35.7 Å². The predicted molar refractivity (Wildman–Crippen MR) is 101 cm³/mol. The van der Waals surface area contributed by atoms with Crippen molar-refractivity contribution in [3.63, 3.8) is 0 Å². The van der Waals surface area contributed by atoms with Crippen LogP contribution < -0.4 is 10.6 Å². The molecule has 0 unspecified atom stereocenters. The summed E-state index contributed by atoms with van der Waals surface area (Å²) in [5.41, 5.74) is 0.736.